The zero-order valence-corrected chi connectivity index (χ0v) is 17.9. The second kappa shape index (κ2) is 9.50. The number of carbonyl (C=O) groups excluding carboxylic acids is 2. The summed E-state index contributed by atoms with van der Waals surface area (Å²) in [7, 11) is 2.48. The lowest BCUT2D eigenvalue weighted by atomic mass is 10.1. The molecule has 0 aliphatic carbocycles. The predicted octanol–water partition coefficient (Wildman–Crippen LogP) is 4.43. The number of methoxy groups -OCH3 is 2. The van der Waals surface area contributed by atoms with E-state index in [4.69, 9.17) is 38.4 Å². The van der Waals surface area contributed by atoms with Crippen LogP contribution in [0, 0.1) is 0 Å². The number of carbonyl (C=O) groups is 2. The number of hydrogen-bond donors (Lipinski definition) is 3. The molecule has 0 bridgehead atoms. The van der Waals surface area contributed by atoms with Crippen LogP contribution in [-0.4, -0.2) is 36.1 Å². The van der Waals surface area contributed by atoms with Crippen LogP contribution in [0.2, 0.25) is 10.0 Å². The number of hydrogen-bond acceptors (Lipinski definition) is 9. The molecule has 0 amide bonds. The molecule has 11 heteroatoms. The molecule has 160 valence electrons. The van der Waals surface area contributed by atoms with E-state index in [0.717, 1.165) is 0 Å². The van der Waals surface area contributed by atoms with E-state index in [1.165, 1.54) is 38.7 Å². The number of nitrogens with zero attached hydrogens (tertiary/aromatic N) is 2. The van der Waals surface area contributed by atoms with Crippen molar-refractivity contribution in [2.75, 3.05) is 30.6 Å². The SMILES string of the molecule is COC(=O)c1cc(Nc2ncnc(Nc3ccc(Cl)c(Cl)c3)c2N)cc(C(=O)OC)c1. The van der Waals surface area contributed by atoms with Crippen molar-refractivity contribution in [3.05, 3.63) is 63.9 Å². The summed E-state index contributed by atoms with van der Waals surface area (Å²) in [5.74, 6) is -0.679. The van der Waals surface area contributed by atoms with Gasteiger partial charge in [-0.25, -0.2) is 19.6 Å². The topological polar surface area (TPSA) is 128 Å². The summed E-state index contributed by atoms with van der Waals surface area (Å²) in [6, 6.07) is 9.32. The Hall–Kier alpha value is -3.56. The standard InChI is InChI=1S/C20H17Cl2N5O4/c1-30-19(28)10-5-11(20(29)31-2)7-13(6-10)27-18-16(23)17(24-9-25-18)26-12-3-4-14(21)15(22)8-12/h3-9H,23H2,1-2H3,(H2,24,25,26,27). The van der Waals surface area contributed by atoms with E-state index in [1.54, 1.807) is 18.2 Å². The number of nitrogens with two attached hydrogens (primary N) is 1. The van der Waals surface area contributed by atoms with Gasteiger partial charge in [0.15, 0.2) is 11.6 Å². The largest absolute Gasteiger partial charge is 0.465 e. The lowest BCUT2D eigenvalue weighted by Crippen LogP contribution is -2.09. The van der Waals surface area contributed by atoms with Gasteiger partial charge in [-0.2, -0.15) is 0 Å². The summed E-state index contributed by atoms with van der Waals surface area (Å²) >= 11 is 12.0. The van der Waals surface area contributed by atoms with Crippen LogP contribution < -0.4 is 16.4 Å². The number of aromatic nitrogens is 2. The molecule has 0 saturated carbocycles. The van der Waals surface area contributed by atoms with Crippen LogP contribution in [0.1, 0.15) is 20.7 Å². The van der Waals surface area contributed by atoms with Gasteiger partial charge >= 0.3 is 11.9 Å². The van der Waals surface area contributed by atoms with Gasteiger partial charge in [0.05, 0.1) is 35.4 Å². The molecule has 0 unspecified atom stereocenters. The van der Waals surface area contributed by atoms with E-state index in [2.05, 4.69) is 20.6 Å². The van der Waals surface area contributed by atoms with Crippen LogP contribution in [0.4, 0.5) is 28.7 Å². The molecule has 1 aromatic heterocycles. The van der Waals surface area contributed by atoms with Crippen molar-refractivity contribution in [1.82, 2.24) is 9.97 Å². The van der Waals surface area contributed by atoms with Crippen LogP contribution in [0.25, 0.3) is 0 Å². The zero-order valence-electron chi connectivity index (χ0n) is 16.4. The number of nitrogens with one attached hydrogen (secondary N) is 2. The Morgan fingerprint density at radius 2 is 1.39 bits per heavy atom. The van der Waals surface area contributed by atoms with Crippen molar-refractivity contribution in [2.45, 2.75) is 0 Å². The summed E-state index contributed by atoms with van der Waals surface area (Å²) in [6.45, 7) is 0. The van der Waals surface area contributed by atoms with Crippen molar-refractivity contribution in [2.24, 2.45) is 0 Å². The molecule has 0 atom stereocenters. The third kappa shape index (κ3) is 5.14. The van der Waals surface area contributed by atoms with E-state index in [-0.39, 0.29) is 22.6 Å². The molecule has 0 aliphatic heterocycles. The fraction of sp³-hybridized carbons (Fsp3) is 0.100. The van der Waals surface area contributed by atoms with E-state index in [0.29, 0.717) is 27.2 Å². The van der Waals surface area contributed by atoms with Crippen molar-refractivity contribution in [3.63, 3.8) is 0 Å². The Morgan fingerprint density at radius 3 is 1.90 bits per heavy atom. The van der Waals surface area contributed by atoms with Gasteiger partial charge in [-0.1, -0.05) is 23.2 Å². The first kappa shape index (κ1) is 22.1. The highest BCUT2D eigenvalue weighted by Gasteiger charge is 2.16. The van der Waals surface area contributed by atoms with Gasteiger partial charge in [-0.15, -0.1) is 0 Å². The first-order valence-electron chi connectivity index (χ1n) is 8.73. The Kier molecular flexibility index (Phi) is 6.78. The third-order valence-corrected chi connectivity index (χ3v) is 4.84. The number of anilines is 5. The Morgan fingerprint density at radius 1 is 0.839 bits per heavy atom. The van der Waals surface area contributed by atoms with Gasteiger partial charge in [0, 0.05) is 11.4 Å². The molecule has 31 heavy (non-hydrogen) atoms. The number of ether oxygens (including phenoxy) is 2. The van der Waals surface area contributed by atoms with Gasteiger partial charge in [0.1, 0.15) is 12.0 Å². The zero-order chi connectivity index (χ0) is 22.5. The molecule has 1 heterocycles. The van der Waals surface area contributed by atoms with Crippen LogP contribution in [0.15, 0.2) is 42.7 Å². The first-order valence-corrected chi connectivity index (χ1v) is 9.49. The van der Waals surface area contributed by atoms with Gasteiger partial charge in [0.2, 0.25) is 0 Å². The van der Waals surface area contributed by atoms with Crippen molar-refractivity contribution in [3.8, 4) is 0 Å². The van der Waals surface area contributed by atoms with E-state index in [9.17, 15) is 9.59 Å². The summed E-state index contributed by atoms with van der Waals surface area (Å²) in [4.78, 5) is 32.2. The fourth-order valence-electron chi connectivity index (χ4n) is 2.61. The van der Waals surface area contributed by atoms with Crippen LogP contribution in [-0.2, 0) is 9.47 Å². The van der Waals surface area contributed by atoms with E-state index < -0.39 is 11.9 Å². The number of halogens is 2. The highest BCUT2D eigenvalue weighted by Crippen LogP contribution is 2.31. The van der Waals surface area contributed by atoms with Crippen LogP contribution in [0.5, 0.6) is 0 Å². The quantitative estimate of drug-likeness (QED) is 0.456. The van der Waals surface area contributed by atoms with Crippen molar-refractivity contribution in [1.29, 1.82) is 0 Å². The van der Waals surface area contributed by atoms with Gasteiger partial charge in [0.25, 0.3) is 0 Å². The highest BCUT2D eigenvalue weighted by molar-refractivity contribution is 6.42. The second-order valence-corrected chi connectivity index (χ2v) is 6.96. The molecule has 3 rings (SSSR count). The second-order valence-electron chi connectivity index (χ2n) is 6.15. The normalized spacial score (nSPS) is 10.3. The van der Waals surface area contributed by atoms with Crippen molar-refractivity contribution >= 4 is 63.8 Å². The Bertz CT molecular complexity index is 1120. The van der Waals surface area contributed by atoms with E-state index >= 15 is 0 Å². The maximum Gasteiger partial charge on any atom is 0.337 e. The maximum atomic E-state index is 12.0. The average molecular weight is 462 g/mol. The lowest BCUT2D eigenvalue weighted by molar-refractivity contribution is 0.0599. The first-order chi connectivity index (χ1) is 14.8. The van der Waals surface area contributed by atoms with Gasteiger partial charge in [-0.3, -0.25) is 0 Å². The van der Waals surface area contributed by atoms with Gasteiger partial charge < -0.3 is 25.8 Å². The number of esters is 2. The molecular weight excluding hydrogens is 445 g/mol. The molecule has 3 aromatic rings. The van der Waals surface area contributed by atoms with Gasteiger partial charge in [-0.05, 0) is 36.4 Å². The fourth-order valence-corrected chi connectivity index (χ4v) is 2.91. The summed E-state index contributed by atoms with van der Waals surface area (Å²) < 4.78 is 9.48. The Balaban J connectivity index is 1.93. The summed E-state index contributed by atoms with van der Waals surface area (Å²) in [5, 5.41) is 6.80. The third-order valence-electron chi connectivity index (χ3n) is 4.10. The minimum absolute atomic E-state index is 0.148. The van der Waals surface area contributed by atoms with Crippen molar-refractivity contribution < 1.29 is 19.1 Å². The summed E-state index contributed by atoms with van der Waals surface area (Å²) in [6.07, 6.45) is 1.30. The molecule has 0 fully saturated rings. The molecule has 0 spiro atoms. The molecule has 4 N–H and O–H groups in total. The van der Waals surface area contributed by atoms with Crippen LogP contribution >= 0.6 is 23.2 Å². The molecular formula is C20H17Cl2N5O4. The predicted molar refractivity (Wildman–Crippen MR) is 119 cm³/mol. The minimum atomic E-state index is -0.619. The smallest absolute Gasteiger partial charge is 0.337 e. The molecule has 0 aliphatic rings. The number of rotatable bonds is 6. The summed E-state index contributed by atoms with van der Waals surface area (Å²) in [5.41, 5.74) is 7.68. The van der Waals surface area contributed by atoms with E-state index in [1.807, 2.05) is 0 Å². The highest BCUT2D eigenvalue weighted by atomic mass is 35.5. The maximum absolute atomic E-state index is 12.0. The molecule has 0 radical (unpaired) electrons. The molecule has 2 aromatic carbocycles. The Labute approximate surface area is 187 Å². The number of benzene rings is 2. The van der Waals surface area contributed by atoms with Crippen LogP contribution in [0.3, 0.4) is 0 Å². The molecule has 9 nitrogen and oxygen atoms in total. The average Bonchev–Trinajstić information content (AvgIpc) is 2.77. The monoisotopic (exact) mass is 461 g/mol. The minimum Gasteiger partial charge on any atom is -0.465 e. The lowest BCUT2D eigenvalue weighted by Gasteiger charge is -2.14. The number of nitrogen functional groups attached to an aromatic ring is 1. The molecule has 0 saturated heterocycles.